The zero-order valence-electron chi connectivity index (χ0n) is 16.3. The summed E-state index contributed by atoms with van der Waals surface area (Å²) < 4.78 is 27.6. The summed E-state index contributed by atoms with van der Waals surface area (Å²) in [6.45, 7) is 0.0420. The molecular formula is C23H19ClF2N2O3. The van der Waals surface area contributed by atoms with Crippen LogP contribution in [0.2, 0.25) is 5.02 Å². The van der Waals surface area contributed by atoms with E-state index in [1.165, 1.54) is 4.90 Å². The van der Waals surface area contributed by atoms with E-state index in [0.29, 0.717) is 22.2 Å². The van der Waals surface area contributed by atoms with Gasteiger partial charge >= 0.3 is 5.97 Å². The second kappa shape index (κ2) is 10.1. The third-order valence-corrected chi connectivity index (χ3v) is 5.06. The second-order valence-electron chi connectivity index (χ2n) is 6.92. The summed E-state index contributed by atoms with van der Waals surface area (Å²) in [4.78, 5) is 30.1. The SMILES string of the molecule is O=C(O)CC[C@H](c1ccccc1Cl)N(Cc1cccnc1)C(=O)c1cc(F)cc(F)c1. The molecule has 2 aromatic carbocycles. The maximum Gasteiger partial charge on any atom is 0.303 e. The van der Waals surface area contributed by atoms with Gasteiger partial charge in [-0.2, -0.15) is 0 Å². The van der Waals surface area contributed by atoms with E-state index in [1.807, 2.05) is 0 Å². The maximum absolute atomic E-state index is 13.8. The molecule has 1 amide bonds. The van der Waals surface area contributed by atoms with Crippen LogP contribution in [0, 0.1) is 11.6 Å². The molecule has 3 aromatic rings. The van der Waals surface area contributed by atoms with E-state index < -0.39 is 29.6 Å². The van der Waals surface area contributed by atoms with Gasteiger partial charge in [-0.1, -0.05) is 35.9 Å². The monoisotopic (exact) mass is 444 g/mol. The number of hydrogen-bond donors (Lipinski definition) is 1. The summed E-state index contributed by atoms with van der Waals surface area (Å²) >= 11 is 6.36. The number of pyridine rings is 1. The third-order valence-electron chi connectivity index (χ3n) is 4.72. The summed E-state index contributed by atoms with van der Waals surface area (Å²) in [6.07, 6.45) is 2.97. The molecule has 1 aromatic heterocycles. The van der Waals surface area contributed by atoms with E-state index in [4.69, 9.17) is 11.6 Å². The van der Waals surface area contributed by atoms with Gasteiger partial charge in [0.05, 0.1) is 6.04 Å². The first-order chi connectivity index (χ1) is 14.8. The van der Waals surface area contributed by atoms with Crippen LogP contribution in [-0.4, -0.2) is 26.9 Å². The molecule has 1 atom stereocenters. The highest BCUT2D eigenvalue weighted by atomic mass is 35.5. The molecule has 1 N–H and O–H groups in total. The standard InChI is InChI=1S/C23H19ClF2N2O3/c24-20-6-2-1-5-19(20)21(7-8-22(29)30)28(14-15-4-3-9-27-13-15)23(31)16-10-17(25)12-18(26)11-16/h1-6,9-13,21H,7-8,14H2,(H,29,30)/t21-/m1/s1. The summed E-state index contributed by atoms with van der Waals surface area (Å²) in [5.74, 6) is -3.46. The Morgan fingerprint density at radius 3 is 2.39 bits per heavy atom. The van der Waals surface area contributed by atoms with Gasteiger partial charge in [-0.15, -0.1) is 0 Å². The molecule has 0 unspecified atom stereocenters. The lowest BCUT2D eigenvalue weighted by Gasteiger charge is -2.33. The van der Waals surface area contributed by atoms with Gasteiger partial charge in [0.2, 0.25) is 0 Å². The van der Waals surface area contributed by atoms with Gasteiger partial charge in [0.25, 0.3) is 5.91 Å². The summed E-state index contributed by atoms with van der Waals surface area (Å²) in [5.41, 5.74) is 1.02. The van der Waals surface area contributed by atoms with Crippen molar-refractivity contribution < 1.29 is 23.5 Å². The van der Waals surface area contributed by atoms with Gasteiger partial charge in [-0.25, -0.2) is 8.78 Å². The summed E-state index contributed by atoms with van der Waals surface area (Å²) in [6, 6.07) is 12.1. The third kappa shape index (κ3) is 5.86. The fourth-order valence-corrected chi connectivity index (χ4v) is 3.60. The number of carboxylic acid groups (broad SMARTS) is 1. The van der Waals surface area contributed by atoms with Crippen LogP contribution in [0.1, 0.15) is 40.4 Å². The molecule has 0 aliphatic rings. The Balaban J connectivity index is 2.09. The Morgan fingerprint density at radius 2 is 1.77 bits per heavy atom. The van der Waals surface area contributed by atoms with Crippen molar-refractivity contribution in [1.82, 2.24) is 9.88 Å². The van der Waals surface area contributed by atoms with Crippen molar-refractivity contribution in [1.29, 1.82) is 0 Å². The van der Waals surface area contributed by atoms with Crippen molar-refractivity contribution >= 4 is 23.5 Å². The number of amides is 1. The quantitative estimate of drug-likeness (QED) is 0.514. The number of hydrogen-bond acceptors (Lipinski definition) is 3. The fraction of sp³-hybridized carbons (Fsp3) is 0.174. The number of nitrogens with zero attached hydrogens (tertiary/aromatic N) is 2. The second-order valence-corrected chi connectivity index (χ2v) is 7.33. The number of rotatable bonds is 8. The van der Waals surface area contributed by atoms with Crippen molar-refractivity contribution in [3.63, 3.8) is 0 Å². The molecule has 31 heavy (non-hydrogen) atoms. The van der Waals surface area contributed by atoms with Crippen LogP contribution in [0.25, 0.3) is 0 Å². The highest BCUT2D eigenvalue weighted by molar-refractivity contribution is 6.31. The lowest BCUT2D eigenvalue weighted by Crippen LogP contribution is -2.35. The highest BCUT2D eigenvalue weighted by Gasteiger charge is 2.29. The molecule has 0 aliphatic heterocycles. The van der Waals surface area contributed by atoms with Gasteiger partial charge < -0.3 is 10.0 Å². The molecular weight excluding hydrogens is 426 g/mol. The van der Waals surface area contributed by atoms with E-state index in [0.717, 1.165) is 12.1 Å². The van der Waals surface area contributed by atoms with Crippen LogP contribution < -0.4 is 0 Å². The van der Waals surface area contributed by atoms with Gasteiger partial charge in [0, 0.05) is 42.0 Å². The molecule has 0 saturated carbocycles. The Kier molecular flexibility index (Phi) is 7.31. The first kappa shape index (κ1) is 22.4. The van der Waals surface area contributed by atoms with Gasteiger partial charge in [0.1, 0.15) is 11.6 Å². The zero-order valence-corrected chi connectivity index (χ0v) is 17.1. The number of halogens is 3. The highest BCUT2D eigenvalue weighted by Crippen LogP contribution is 2.33. The largest absolute Gasteiger partial charge is 0.481 e. The minimum Gasteiger partial charge on any atom is -0.481 e. The van der Waals surface area contributed by atoms with Crippen LogP contribution >= 0.6 is 11.6 Å². The van der Waals surface area contributed by atoms with E-state index in [1.54, 1.807) is 48.8 Å². The molecule has 0 spiro atoms. The molecule has 5 nitrogen and oxygen atoms in total. The average Bonchev–Trinajstić information content (AvgIpc) is 2.73. The molecule has 3 rings (SSSR count). The Morgan fingerprint density at radius 1 is 1.06 bits per heavy atom. The lowest BCUT2D eigenvalue weighted by molar-refractivity contribution is -0.137. The number of carbonyl (C=O) groups is 2. The number of aliphatic carboxylic acids is 1. The molecule has 160 valence electrons. The van der Waals surface area contributed by atoms with Crippen molar-refractivity contribution in [3.05, 3.63) is 100 Å². The predicted molar refractivity (Wildman–Crippen MR) is 112 cm³/mol. The van der Waals surface area contributed by atoms with E-state index >= 15 is 0 Å². The fourth-order valence-electron chi connectivity index (χ4n) is 3.34. The molecule has 0 radical (unpaired) electrons. The van der Waals surface area contributed by atoms with Crippen LogP contribution in [0.3, 0.4) is 0 Å². The van der Waals surface area contributed by atoms with Crippen LogP contribution in [0.4, 0.5) is 8.78 Å². The Hall–Kier alpha value is -3.32. The van der Waals surface area contributed by atoms with Crippen molar-refractivity contribution in [2.24, 2.45) is 0 Å². The number of benzene rings is 2. The van der Waals surface area contributed by atoms with Crippen molar-refractivity contribution in [2.75, 3.05) is 0 Å². The smallest absolute Gasteiger partial charge is 0.303 e. The lowest BCUT2D eigenvalue weighted by atomic mass is 9.98. The molecule has 8 heteroatoms. The van der Waals surface area contributed by atoms with Gasteiger partial charge in [-0.05, 0) is 41.8 Å². The minimum absolute atomic E-state index is 0.0420. The van der Waals surface area contributed by atoms with E-state index in [-0.39, 0.29) is 24.9 Å². The average molecular weight is 445 g/mol. The van der Waals surface area contributed by atoms with Crippen LogP contribution in [-0.2, 0) is 11.3 Å². The number of aromatic nitrogens is 1. The first-order valence-corrected chi connectivity index (χ1v) is 9.85. The molecule has 0 bridgehead atoms. The van der Waals surface area contributed by atoms with Crippen molar-refractivity contribution in [2.45, 2.75) is 25.4 Å². The van der Waals surface area contributed by atoms with Gasteiger partial charge in [0.15, 0.2) is 0 Å². The van der Waals surface area contributed by atoms with E-state index in [9.17, 15) is 23.5 Å². The Bertz CT molecular complexity index is 1060. The maximum atomic E-state index is 13.8. The summed E-state index contributed by atoms with van der Waals surface area (Å²) in [7, 11) is 0. The first-order valence-electron chi connectivity index (χ1n) is 9.47. The Labute approximate surface area is 182 Å². The number of carboxylic acids is 1. The number of carbonyl (C=O) groups excluding carboxylic acids is 1. The van der Waals surface area contributed by atoms with Gasteiger partial charge in [-0.3, -0.25) is 14.6 Å². The van der Waals surface area contributed by atoms with Crippen molar-refractivity contribution in [3.8, 4) is 0 Å². The van der Waals surface area contributed by atoms with Crippen LogP contribution in [0.5, 0.6) is 0 Å². The molecule has 0 aliphatic carbocycles. The minimum atomic E-state index is -1.04. The zero-order chi connectivity index (χ0) is 22.4. The summed E-state index contributed by atoms with van der Waals surface area (Å²) in [5, 5.41) is 9.59. The van der Waals surface area contributed by atoms with E-state index in [2.05, 4.69) is 4.98 Å². The normalized spacial score (nSPS) is 11.7. The van der Waals surface area contributed by atoms with Crippen LogP contribution in [0.15, 0.2) is 67.0 Å². The predicted octanol–water partition coefficient (Wildman–Crippen LogP) is 5.26. The molecule has 0 fully saturated rings. The topological polar surface area (TPSA) is 70.5 Å². The molecule has 0 saturated heterocycles. The molecule has 1 heterocycles.